The van der Waals surface area contributed by atoms with E-state index in [-0.39, 0.29) is 11.8 Å². The highest BCUT2D eigenvalue weighted by atomic mass is 16.2. The van der Waals surface area contributed by atoms with Gasteiger partial charge in [-0.2, -0.15) is 0 Å². The van der Waals surface area contributed by atoms with Gasteiger partial charge in [0.25, 0.3) is 5.91 Å². The number of rotatable bonds is 6. The highest BCUT2D eigenvalue weighted by Crippen LogP contribution is 2.12. The van der Waals surface area contributed by atoms with Gasteiger partial charge in [-0.3, -0.25) is 9.59 Å². The smallest absolute Gasteiger partial charge is 0.251 e. The number of nitrogen functional groups attached to an aromatic ring is 1. The summed E-state index contributed by atoms with van der Waals surface area (Å²) in [6.45, 7) is 2.40. The van der Waals surface area contributed by atoms with Crippen molar-refractivity contribution in [3.8, 4) is 0 Å². The average molecular weight is 249 g/mol. The van der Waals surface area contributed by atoms with Crippen LogP contribution in [-0.2, 0) is 4.79 Å². The summed E-state index contributed by atoms with van der Waals surface area (Å²) in [5.41, 5.74) is 12.9. The van der Waals surface area contributed by atoms with Crippen LogP contribution in [0.2, 0.25) is 0 Å². The van der Waals surface area contributed by atoms with Crippen molar-refractivity contribution in [1.82, 2.24) is 5.32 Å². The molecule has 98 valence electrons. The number of nitrogens with two attached hydrogens (primary N) is 2. The van der Waals surface area contributed by atoms with Gasteiger partial charge in [0.2, 0.25) is 5.91 Å². The second kappa shape index (κ2) is 6.64. The lowest BCUT2D eigenvalue weighted by atomic mass is 10.1. The molecular formula is C13H19N3O2. The van der Waals surface area contributed by atoms with Crippen LogP contribution in [0.5, 0.6) is 0 Å². The van der Waals surface area contributed by atoms with E-state index in [1.54, 1.807) is 18.2 Å². The molecule has 0 saturated carbocycles. The number of hydrogen-bond donors (Lipinski definition) is 3. The van der Waals surface area contributed by atoms with E-state index < -0.39 is 0 Å². The first kappa shape index (κ1) is 14.0. The number of hydrogen-bond acceptors (Lipinski definition) is 3. The second-order valence-corrected chi connectivity index (χ2v) is 4.25. The molecule has 5 heteroatoms. The third kappa shape index (κ3) is 4.45. The van der Waals surface area contributed by atoms with E-state index >= 15 is 0 Å². The number of carbonyl (C=O) groups is 2. The molecule has 0 bridgehead atoms. The fourth-order valence-corrected chi connectivity index (χ4v) is 1.55. The minimum absolute atomic E-state index is 0.128. The van der Waals surface area contributed by atoms with Crippen LogP contribution in [0.1, 0.15) is 35.2 Å². The summed E-state index contributed by atoms with van der Waals surface area (Å²) in [6.07, 6.45) is 1.79. The SMILES string of the molecule is Cc1cc(C(=O)NCCCCC(N)=O)ccc1N. The van der Waals surface area contributed by atoms with Gasteiger partial charge in [0.15, 0.2) is 0 Å². The maximum Gasteiger partial charge on any atom is 0.251 e. The quantitative estimate of drug-likeness (QED) is 0.517. The molecule has 0 fully saturated rings. The first-order valence-electron chi connectivity index (χ1n) is 5.93. The Labute approximate surface area is 107 Å². The Kier molecular flexibility index (Phi) is 5.17. The van der Waals surface area contributed by atoms with E-state index in [1.165, 1.54) is 0 Å². The van der Waals surface area contributed by atoms with Crippen molar-refractivity contribution < 1.29 is 9.59 Å². The molecule has 0 unspecified atom stereocenters. The van der Waals surface area contributed by atoms with Gasteiger partial charge in [0.1, 0.15) is 0 Å². The lowest BCUT2D eigenvalue weighted by Crippen LogP contribution is -2.24. The minimum atomic E-state index is -0.310. The molecule has 0 aliphatic carbocycles. The average Bonchev–Trinajstić information content (AvgIpc) is 2.31. The summed E-state index contributed by atoms with van der Waals surface area (Å²) in [5.74, 6) is -0.437. The monoisotopic (exact) mass is 249 g/mol. The Bertz CT molecular complexity index is 444. The molecule has 5 nitrogen and oxygen atoms in total. The summed E-state index contributed by atoms with van der Waals surface area (Å²) in [4.78, 5) is 22.3. The molecule has 0 aliphatic heterocycles. The molecule has 0 atom stereocenters. The van der Waals surface area contributed by atoms with E-state index in [9.17, 15) is 9.59 Å². The predicted octanol–water partition coefficient (Wildman–Crippen LogP) is 0.963. The van der Waals surface area contributed by atoms with Gasteiger partial charge in [-0.1, -0.05) is 0 Å². The van der Waals surface area contributed by atoms with E-state index in [1.807, 2.05) is 6.92 Å². The zero-order valence-corrected chi connectivity index (χ0v) is 10.5. The summed E-state index contributed by atoms with van der Waals surface area (Å²) < 4.78 is 0. The Morgan fingerprint density at radius 3 is 2.61 bits per heavy atom. The van der Waals surface area contributed by atoms with E-state index in [0.29, 0.717) is 30.6 Å². The topological polar surface area (TPSA) is 98.2 Å². The third-order valence-electron chi connectivity index (χ3n) is 2.67. The van der Waals surface area contributed by atoms with Crippen molar-refractivity contribution in [3.05, 3.63) is 29.3 Å². The molecule has 0 aromatic heterocycles. The normalized spacial score (nSPS) is 10.1. The number of benzene rings is 1. The third-order valence-corrected chi connectivity index (χ3v) is 2.67. The Balaban J connectivity index is 2.36. The molecule has 0 saturated heterocycles. The minimum Gasteiger partial charge on any atom is -0.399 e. The Morgan fingerprint density at radius 2 is 2.00 bits per heavy atom. The summed E-state index contributed by atoms with van der Waals surface area (Å²) >= 11 is 0. The molecule has 5 N–H and O–H groups in total. The molecule has 1 aromatic rings. The van der Waals surface area contributed by atoms with Crippen LogP contribution in [0.3, 0.4) is 0 Å². The molecule has 0 radical (unpaired) electrons. The number of carbonyl (C=O) groups excluding carboxylic acids is 2. The van der Waals surface area contributed by atoms with Crippen LogP contribution in [0.15, 0.2) is 18.2 Å². The number of nitrogens with one attached hydrogen (secondary N) is 1. The maximum atomic E-state index is 11.8. The van der Waals surface area contributed by atoms with Crippen LogP contribution >= 0.6 is 0 Å². The van der Waals surface area contributed by atoms with Crippen molar-refractivity contribution in [1.29, 1.82) is 0 Å². The number of primary amides is 1. The van der Waals surface area contributed by atoms with Crippen LogP contribution in [0, 0.1) is 6.92 Å². The molecule has 1 rings (SSSR count). The van der Waals surface area contributed by atoms with Gasteiger partial charge in [0, 0.05) is 24.2 Å². The number of unbranched alkanes of at least 4 members (excludes halogenated alkanes) is 1. The van der Waals surface area contributed by atoms with Gasteiger partial charge < -0.3 is 16.8 Å². The summed E-state index contributed by atoms with van der Waals surface area (Å²) in [5, 5.41) is 2.79. The van der Waals surface area contributed by atoms with Gasteiger partial charge in [0.05, 0.1) is 0 Å². The van der Waals surface area contributed by atoms with E-state index in [4.69, 9.17) is 11.5 Å². The fraction of sp³-hybridized carbons (Fsp3) is 0.385. The first-order valence-corrected chi connectivity index (χ1v) is 5.93. The van der Waals surface area contributed by atoms with Crippen LogP contribution < -0.4 is 16.8 Å². The highest BCUT2D eigenvalue weighted by Gasteiger charge is 2.06. The van der Waals surface area contributed by atoms with Gasteiger partial charge in [-0.25, -0.2) is 0 Å². The van der Waals surface area contributed by atoms with Crippen LogP contribution in [0.25, 0.3) is 0 Å². The van der Waals surface area contributed by atoms with Crippen LogP contribution in [0.4, 0.5) is 5.69 Å². The fourth-order valence-electron chi connectivity index (χ4n) is 1.55. The van der Waals surface area contributed by atoms with Crippen molar-refractivity contribution in [2.24, 2.45) is 5.73 Å². The van der Waals surface area contributed by atoms with E-state index in [0.717, 1.165) is 12.0 Å². The van der Waals surface area contributed by atoms with Gasteiger partial charge in [-0.15, -0.1) is 0 Å². The van der Waals surface area contributed by atoms with Crippen molar-refractivity contribution in [2.75, 3.05) is 12.3 Å². The Hall–Kier alpha value is -2.04. The summed E-state index contributed by atoms with van der Waals surface area (Å²) in [6, 6.07) is 5.17. The lowest BCUT2D eigenvalue weighted by Gasteiger charge is -2.06. The molecule has 0 heterocycles. The Morgan fingerprint density at radius 1 is 1.28 bits per heavy atom. The van der Waals surface area contributed by atoms with Gasteiger partial charge in [-0.05, 0) is 43.5 Å². The number of aryl methyl sites for hydroxylation is 1. The van der Waals surface area contributed by atoms with Crippen molar-refractivity contribution in [3.63, 3.8) is 0 Å². The first-order chi connectivity index (χ1) is 8.50. The second-order valence-electron chi connectivity index (χ2n) is 4.25. The standard InChI is InChI=1S/C13H19N3O2/c1-9-8-10(5-6-11(9)14)13(18)16-7-3-2-4-12(15)17/h5-6,8H,2-4,7,14H2,1H3,(H2,15,17)(H,16,18). The largest absolute Gasteiger partial charge is 0.399 e. The van der Waals surface area contributed by atoms with Crippen LogP contribution in [-0.4, -0.2) is 18.4 Å². The van der Waals surface area contributed by atoms with E-state index in [2.05, 4.69) is 5.32 Å². The molecule has 0 aliphatic rings. The zero-order valence-electron chi connectivity index (χ0n) is 10.5. The highest BCUT2D eigenvalue weighted by molar-refractivity contribution is 5.94. The molecular weight excluding hydrogens is 230 g/mol. The zero-order chi connectivity index (χ0) is 13.5. The number of amides is 2. The van der Waals surface area contributed by atoms with Crippen molar-refractivity contribution in [2.45, 2.75) is 26.2 Å². The molecule has 2 amide bonds. The summed E-state index contributed by atoms with van der Waals surface area (Å²) in [7, 11) is 0. The maximum absolute atomic E-state index is 11.8. The molecule has 1 aromatic carbocycles. The lowest BCUT2D eigenvalue weighted by molar-refractivity contribution is -0.118. The van der Waals surface area contributed by atoms with Gasteiger partial charge >= 0.3 is 0 Å². The van der Waals surface area contributed by atoms with Crippen molar-refractivity contribution >= 4 is 17.5 Å². The molecule has 18 heavy (non-hydrogen) atoms. The number of anilines is 1. The predicted molar refractivity (Wildman–Crippen MR) is 71.0 cm³/mol. The molecule has 0 spiro atoms.